The van der Waals surface area contributed by atoms with Gasteiger partial charge >= 0.3 is 0 Å². The Labute approximate surface area is 100 Å². The van der Waals surface area contributed by atoms with E-state index < -0.39 is 0 Å². The predicted molar refractivity (Wildman–Crippen MR) is 66.0 cm³/mol. The first-order valence-electron chi connectivity index (χ1n) is 5.91. The monoisotopic (exact) mass is 229 g/mol. The second-order valence-electron chi connectivity index (χ2n) is 4.32. The highest BCUT2D eigenvalue weighted by atomic mass is 16.3. The SMILES string of the molecule is CNc1nc(-c2ccoc2C)nc2c1CCC2. The van der Waals surface area contributed by atoms with Crippen LogP contribution in [-0.4, -0.2) is 17.0 Å². The van der Waals surface area contributed by atoms with Crippen LogP contribution in [0.4, 0.5) is 5.82 Å². The molecule has 2 heterocycles. The first-order chi connectivity index (χ1) is 8.29. The molecule has 0 aliphatic heterocycles. The van der Waals surface area contributed by atoms with E-state index in [-0.39, 0.29) is 0 Å². The number of rotatable bonds is 2. The molecule has 0 saturated heterocycles. The van der Waals surface area contributed by atoms with Crippen LogP contribution in [0.2, 0.25) is 0 Å². The van der Waals surface area contributed by atoms with Gasteiger partial charge < -0.3 is 9.73 Å². The number of furan rings is 1. The zero-order valence-corrected chi connectivity index (χ0v) is 10.1. The molecule has 4 heteroatoms. The van der Waals surface area contributed by atoms with Gasteiger partial charge in [-0.3, -0.25) is 0 Å². The van der Waals surface area contributed by atoms with E-state index in [0.29, 0.717) is 0 Å². The van der Waals surface area contributed by atoms with Crippen LogP contribution >= 0.6 is 0 Å². The van der Waals surface area contributed by atoms with Gasteiger partial charge in [0.15, 0.2) is 5.82 Å². The summed E-state index contributed by atoms with van der Waals surface area (Å²) >= 11 is 0. The van der Waals surface area contributed by atoms with E-state index in [4.69, 9.17) is 4.42 Å². The van der Waals surface area contributed by atoms with Crippen molar-refractivity contribution in [1.29, 1.82) is 0 Å². The van der Waals surface area contributed by atoms with Gasteiger partial charge in [0.2, 0.25) is 0 Å². The highest BCUT2D eigenvalue weighted by Gasteiger charge is 2.20. The van der Waals surface area contributed by atoms with Crippen LogP contribution in [0.3, 0.4) is 0 Å². The Bertz CT molecular complexity index is 560. The van der Waals surface area contributed by atoms with Crippen molar-refractivity contribution in [3.8, 4) is 11.4 Å². The summed E-state index contributed by atoms with van der Waals surface area (Å²) in [6.45, 7) is 1.94. The molecule has 88 valence electrons. The molecule has 0 amide bonds. The summed E-state index contributed by atoms with van der Waals surface area (Å²) in [6, 6.07) is 1.92. The van der Waals surface area contributed by atoms with E-state index in [0.717, 1.165) is 35.8 Å². The minimum atomic E-state index is 0.765. The molecule has 0 saturated carbocycles. The van der Waals surface area contributed by atoms with Crippen molar-refractivity contribution in [2.24, 2.45) is 0 Å². The number of nitrogens with zero attached hydrogens (tertiary/aromatic N) is 2. The lowest BCUT2D eigenvalue weighted by atomic mass is 10.2. The van der Waals surface area contributed by atoms with Gasteiger partial charge in [-0.15, -0.1) is 0 Å². The molecule has 0 fully saturated rings. The Morgan fingerprint density at radius 3 is 2.88 bits per heavy atom. The predicted octanol–water partition coefficient (Wildman–Crippen LogP) is 2.58. The van der Waals surface area contributed by atoms with Crippen molar-refractivity contribution in [3.63, 3.8) is 0 Å². The fourth-order valence-electron chi connectivity index (χ4n) is 2.38. The van der Waals surface area contributed by atoms with Crippen molar-refractivity contribution in [1.82, 2.24) is 9.97 Å². The van der Waals surface area contributed by atoms with Crippen molar-refractivity contribution < 1.29 is 4.42 Å². The third kappa shape index (κ3) is 1.60. The number of hydrogen-bond donors (Lipinski definition) is 1. The fraction of sp³-hybridized carbons (Fsp3) is 0.385. The van der Waals surface area contributed by atoms with Crippen molar-refractivity contribution in [2.75, 3.05) is 12.4 Å². The van der Waals surface area contributed by atoms with E-state index in [1.807, 2.05) is 20.0 Å². The zero-order valence-electron chi connectivity index (χ0n) is 10.1. The Hall–Kier alpha value is -1.84. The van der Waals surface area contributed by atoms with E-state index in [1.165, 1.54) is 17.7 Å². The molecule has 2 aromatic heterocycles. The molecule has 1 aliphatic rings. The first-order valence-corrected chi connectivity index (χ1v) is 5.91. The summed E-state index contributed by atoms with van der Waals surface area (Å²) in [7, 11) is 1.91. The molecule has 1 aliphatic carbocycles. The van der Waals surface area contributed by atoms with Gasteiger partial charge in [0.1, 0.15) is 11.6 Å². The largest absolute Gasteiger partial charge is 0.469 e. The minimum absolute atomic E-state index is 0.765. The van der Waals surface area contributed by atoms with Gasteiger partial charge in [-0.1, -0.05) is 0 Å². The fourth-order valence-corrected chi connectivity index (χ4v) is 2.38. The number of aromatic nitrogens is 2. The van der Waals surface area contributed by atoms with Gasteiger partial charge in [0, 0.05) is 18.3 Å². The van der Waals surface area contributed by atoms with Crippen LogP contribution in [0.25, 0.3) is 11.4 Å². The molecule has 2 aromatic rings. The lowest BCUT2D eigenvalue weighted by Gasteiger charge is -2.08. The third-order valence-corrected chi connectivity index (χ3v) is 3.27. The standard InChI is InChI=1S/C13H15N3O/c1-8-9(6-7-17-8)13-15-11-5-3-4-10(11)12(14-2)16-13/h6-7H,3-5H2,1-2H3,(H,14,15,16). The van der Waals surface area contributed by atoms with Gasteiger partial charge in [-0.25, -0.2) is 9.97 Å². The summed E-state index contributed by atoms with van der Waals surface area (Å²) in [4.78, 5) is 9.24. The van der Waals surface area contributed by atoms with Crippen LogP contribution < -0.4 is 5.32 Å². The van der Waals surface area contributed by atoms with Crippen LogP contribution in [-0.2, 0) is 12.8 Å². The van der Waals surface area contributed by atoms with Crippen molar-refractivity contribution in [3.05, 3.63) is 29.3 Å². The maximum Gasteiger partial charge on any atom is 0.165 e. The molecular weight excluding hydrogens is 214 g/mol. The quantitative estimate of drug-likeness (QED) is 0.859. The number of aryl methyl sites for hydroxylation is 2. The van der Waals surface area contributed by atoms with Gasteiger partial charge in [-0.05, 0) is 32.3 Å². The Morgan fingerprint density at radius 1 is 1.29 bits per heavy atom. The molecule has 0 aromatic carbocycles. The maximum absolute atomic E-state index is 5.31. The Balaban J connectivity index is 2.16. The molecular formula is C13H15N3O. The summed E-state index contributed by atoms with van der Waals surface area (Å²) in [6.07, 6.45) is 4.99. The van der Waals surface area contributed by atoms with Crippen LogP contribution in [0, 0.1) is 6.92 Å². The van der Waals surface area contributed by atoms with Gasteiger partial charge in [0.05, 0.1) is 11.8 Å². The number of nitrogens with one attached hydrogen (secondary N) is 1. The molecule has 0 bridgehead atoms. The van der Waals surface area contributed by atoms with Crippen LogP contribution in [0.15, 0.2) is 16.7 Å². The number of hydrogen-bond acceptors (Lipinski definition) is 4. The van der Waals surface area contributed by atoms with Gasteiger partial charge in [0.25, 0.3) is 0 Å². The van der Waals surface area contributed by atoms with Crippen molar-refractivity contribution in [2.45, 2.75) is 26.2 Å². The second kappa shape index (κ2) is 3.87. The van der Waals surface area contributed by atoms with E-state index in [9.17, 15) is 0 Å². The average molecular weight is 229 g/mol. The van der Waals surface area contributed by atoms with E-state index >= 15 is 0 Å². The van der Waals surface area contributed by atoms with Crippen LogP contribution in [0.1, 0.15) is 23.4 Å². The summed E-state index contributed by atoms with van der Waals surface area (Å²) in [5, 5.41) is 3.17. The maximum atomic E-state index is 5.31. The van der Waals surface area contributed by atoms with E-state index in [2.05, 4.69) is 15.3 Å². The summed E-state index contributed by atoms with van der Waals surface area (Å²) in [5.74, 6) is 2.59. The Kier molecular flexibility index (Phi) is 2.35. The molecule has 0 radical (unpaired) electrons. The summed E-state index contributed by atoms with van der Waals surface area (Å²) < 4.78 is 5.31. The third-order valence-electron chi connectivity index (χ3n) is 3.27. The second-order valence-corrected chi connectivity index (χ2v) is 4.32. The number of fused-ring (bicyclic) bond motifs is 1. The smallest absolute Gasteiger partial charge is 0.165 e. The number of anilines is 1. The van der Waals surface area contributed by atoms with Crippen molar-refractivity contribution >= 4 is 5.82 Å². The first kappa shape index (κ1) is 10.3. The molecule has 17 heavy (non-hydrogen) atoms. The highest BCUT2D eigenvalue weighted by Crippen LogP contribution is 2.30. The highest BCUT2D eigenvalue weighted by molar-refractivity contribution is 5.61. The van der Waals surface area contributed by atoms with Crippen LogP contribution in [0.5, 0.6) is 0 Å². The minimum Gasteiger partial charge on any atom is -0.469 e. The lowest BCUT2D eigenvalue weighted by molar-refractivity contribution is 0.535. The van der Waals surface area contributed by atoms with E-state index in [1.54, 1.807) is 6.26 Å². The van der Waals surface area contributed by atoms with Gasteiger partial charge in [-0.2, -0.15) is 0 Å². The zero-order chi connectivity index (χ0) is 11.8. The molecule has 0 spiro atoms. The normalized spacial score (nSPS) is 13.8. The summed E-state index contributed by atoms with van der Waals surface area (Å²) in [5.41, 5.74) is 3.44. The molecule has 0 atom stereocenters. The topological polar surface area (TPSA) is 51.0 Å². The molecule has 4 nitrogen and oxygen atoms in total. The molecule has 1 N–H and O–H groups in total. The Morgan fingerprint density at radius 2 is 2.18 bits per heavy atom. The molecule has 0 unspecified atom stereocenters. The molecule has 3 rings (SSSR count). The average Bonchev–Trinajstić information content (AvgIpc) is 2.95. The lowest BCUT2D eigenvalue weighted by Crippen LogP contribution is -2.03.